The van der Waals surface area contributed by atoms with Crippen molar-refractivity contribution < 1.29 is 9.52 Å². The lowest BCUT2D eigenvalue weighted by Crippen LogP contribution is -2.18. The third kappa shape index (κ3) is 2.98. The summed E-state index contributed by atoms with van der Waals surface area (Å²) in [5.74, 6) is 6.99. The largest absolute Gasteiger partial charge is 0.445 e. The number of aromatic nitrogens is 3. The molecule has 1 aromatic carbocycles. The van der Waals surface area contributed by atoms with Gasteiger partial charge in [-0.25, -0.2) is 9.97 Å². The summed E-state index contributed by atoms with van der Waals surface area (Å²) in [6.07, 6.45) is 5.45. The highest BCUT2D eigenvalue weighted by Crippen LogP contribution is 2.34. The second-order valence-corrected chi connectivity index (χ2v) is 6.18. The predicted molar refractivity (Wildman–Crippen MR) is 96.5 cm³/mol. The lowest BCUT2D eigenvalue weighted by molar-refractivity contribution is 0.0893. The van der Waals surface area contributed by atoms with Gasteiger partial charge in [-0.05, 0) is 37.1 Å². The van der Waals surface area contributed by atoms with Crippen LogP contribution in [0.2, 0.25) is 0 Å². The normalized spacial score (nSPS) is 15.1. The molecule has 0 amide bonds. The van der Waals surface area contributed by atoms with E-state index in [0.29, 0.717) is 0 Å². The molecule has 0 saturated carbocycles. The van der Waals surface area contributed by atoms with Crippen LogP contribution in [0.15, 0.2) is 47.3 Å². The van der Waals surface area contributed by atoms with Crippen molar-refractivity contribution in [2.75, 3.05) is 17.2 Å². The maximum atomic E-state index is 10.4. The van der Waals surface area contributed by atoms with E-state index in [1.165, 1.54) is 18.0 Å². The third-order valence-electron chi connectivity index (χ3n) is 4.22. The Balaban J connectivity index is 1.66. The minimum Gasteiger partial charge on any atom is -0.445 e. The summed E-state index contributed by atoms with van der Waals surface area (Å²) < 4.78 is 5.15. The summed E-state index contributed by atoms with van der Waals surface area (Å²) in [6.45, 7) is 2.37. The maximum absolute atomic E-state index is 10.4. The maximum Gasteiger partial charge on any atom is 0.238 e. The van der Waals surface area contributed by atoms with Gasteiger partial charge in [0.05, 0.1) is 6.20 Å². The first-order valence-corrected chi connectivity index (χ1v) is 8.17. The molecule has 130 valence electrons. The first-order chi connectivity index (χ1) is 12.5. The van der Waals surface area contributed by atoms with Crippen LogP contribution in [0.4, 0.5) is 17.5 Å². The molecule has 3 N–H and O–H groups in total. The van der Waals surface area contributed by atoms with E-state index in [-0.39, 0.29) is 11.8 Å². The van der Waals surface area contributed by atoms with Gasteiger partial charge in [0.1, 0.15) is 12.1 Å². The predicted octanol–water partition coefficient (Wildman–Crippen LogP) is 2.00. The van der Waals surface area contributed by atoms with Crippen molar-refractivity contribution in [2.45, 2.75) is 18.9 Å². The Kier molecular flexibility index (Phi) is 3.82. The number of nitrogens with zero attached hydrogens (tertiary/aromatic N) is 4. The molecule has 7 nitrogen and oxygen atoms in total. The molecule has 1 aliphatic heterocycles. The zero-order valence-corrected chi connectivity index (χ0v) is 14.2. The number of hydrogen-bond donors (Lipinski definition) is 2. The Morgan fingerprint density at radius 1 is 1.27 bits per heavy atom. The zero-order valence-electron chi connectivity index (χ0n) is 14.2. The molecule has 26 heavy (non-hydrogen) atoms. The average Bonchev–Trinajstić information content (AvgIpc) is 3.30. The van der Waals surface area contributed by atoms with E-state index in [0.717, 1.165) is 30.0 Å². The molecule has 3 heterocycles. The van der Waals surface area contributed by atoms with Gasteiger partial charge in [0.15, 0.2) is 5.60 Å². The number of rotatable bonds is 2. The van der Waals surface area contributed by atoms with Gasteiger partial charge in [-0.2, -0.15) is 4.98 Å². The number of nitrogens with two attached hydrogens (primary N) is 1. The van der Waals surface area contributed by atoms with Gasteiger partial charge in [0.2, 0.25) is 11.8 Å². The number of hydrogen-bond acceptors (Lipinski definition) is 7. The van der Waals surface area contributed by atoms with Gasteiger partial charge in [0.25, 0.3) is 0 Å². The second-order valence-electron chi connectivity index (χ2n) is 6.18. The first kappa shape index (κ1) is 16.1. The van der Waals surface area contributed by atoms with Crippen molar-refractivity contribution >= 4 is 17.5 Å². The van der Waals surface area contributed by atoms with Crippen molar-refractivity contribution in [3.8, 4) is 11.8 Å². The molecule has 1 unspecified atom stereocenters. The molecule has 3 aromatic rings. The summed E-state index contributed by atoms with van der Waals surface area (Å²) in [5.41, 5.74) is 7.28. The number of aliphatic hydroxyl groups is 1. The molecule has 0 fully saturated rings. The van der Waals surface area contributed by atoms with Crippen molar-refractivity contribution in [3.05, 3.63) is 59.9 Å². The Morgan fingerprint density at radius 3 is 2.92 bits per heavy atom. The Labute approximate surface area is 150 Å². The molecule has 0 saturated heterocycles. The van der Waals surface area contributed by atoms with Crippen molar-refractivity contribution in [2.24, 2.45) is 0 Å². The van der Waals surface area contributed by atoms with E-state index >= 15 is 0 Å². The molecule has 0 bridgehead atoms. The fourth-order valence-corrected chi connectivity index (χ4v) is 2.92. The molecule has 4 rings (SSSR count). The highest BCUT2D eigenvalue weighted by molar-refractivity contribution is 5.69. The van der Waals surface area contributed by atoms with Gasteiger partial charge < -0.3 is 20.2 Å². The molecule has 7 heteroatoms. The molecule has 2 aromatic heterocycles. The lowest BCUT2D eigenvalue weighted by atomic mass is 10.1. The summed E-state index contributed by atoms with van der Waals surface area (Å²) in [4.78, 5) is 14.3. The summed E-state index contributed by atoms with van der Waals surface area (Å²) in [5, 5.41) is 10.4. The van der Waals surface area contributed by atoms with Gasteiger partial charge in [-0.3, -0.25) is 0 Å². The minimum atomic E-state index is -1.46. The Hall–Kier alpha value is -3.37. The third-order valence-corrected chi connectivity index (χ3v) is 4.22. The molecule has 1 aliphatic rings. The van der Waals surface area contributed by atoms with Crippen molar-refractivity contribution in [1.29, 1.82) is 0 Å². The van der Waals surface area contributed by atoms with Crippen LogP contribution in [0.25, 0.3) is 0 Å². The van der Waals surface area contributed by atoms with Crippen LogP contribution >= 0.6 is 0 Å². The lowest BCUT2D eigenvalue weighted by Gasteiger charge is -2.18. The Morgan fingerprint density at radius 2 is 2.15 bits per heavy atom. The molecular weight excluding hydrogens is 330 g/mol. The number of nitrogen functional groups attached to an aromatic ring is 1. The van der Waals surface area contributed by atoms with Crippen LogP contribution in [0.5, 0.6) is 0 Å². The SMILES string of the molecule is CC(O)(C#Cc1ccc2c(c1)N(c1ccnc(N)n1)CC2)c1ncco1. The molecule has 0 aliphatic carbocycles. The monoisotopic (exact) mass is 347 g/mol. The zero-order chi connectivity index (χ0) is 18.1. The van der Waals surface area contributed by atoms with E-state index in [1.807, 2.05) is 24.3 Å². The fourth-order valence-electron chi connectivity index (χ4n) is 2.92. The van der Waals surface area contributed by atoms with Crippen molar-refractivity contribution in [3.63, 3.8) is 0 Å². The number of anilines is 3. The number of oxazole rings is 1. The minimum absolute atomic E-state index is 0.171. The fraction of sp³-hybridized carbons (Fsp3) is 0.211. The van der Waals surface area contributed by atoms with Gasteiger partial charge in [-0.15, -0.1) is 0 Å². The van der Waals surface area contributed by atoms with Gasteiger partial charge in [0, 0.05) is 24.0 Å². The van der Waals surface area contributed by atoms with E-state index < -0.39 is 5.60 Å². The van der Waals surface area contributed by atoms with E-state index in [9.17, 15) is 5.11 Å². The van der Waals surface area contributed by atoms with Crippen LogP contribution in [0.3, 0.4) is 0 Å². The van der Waals surface area contributed by atoms with Crippen LogP contribution in [-0.4, -0.2) is 26.6 Å². The standard InChI is InChI=1S/C19H17N5O2/c1-19(25,17-21-9-11-26-17)7-4-13-2-3-14-6-10-24(15(14)12-13)16-5-8-22-18(20)23-16/h2-3,5,8-9,11-12,25H,6,10H2,1H3,(H2,20,22,23). The van der Waals surface area contributed by atoms with Gasteiger partial charge >= 0.3 is 0 Å². The highest BCUT2D eigenvalue weighted by atomic mass is 16.4. The van der Waals surface area contributed by atoms with Crippen LogP contribution in [-0.2, 0) is 12.0 Å². The first-order valence-electron chi connectivity index (χ1n) is 8.17. The number of benzene rings is 1. The van der Waals surface area contributed by atoms with Crippen molar-refractivity contribution in [1.82, 2.24) is 15.0 Å². The highest BCUT2D eigenvalue weighted by Gasteiger charge is 2.25. The van der Waals surface area contributed by atoms with E-state index in [1.54, 1.807) is 13.1 Å². The average molecular weight is 347 g/mol. The van der Waals surface area contributed by atoms with Crippen LogP contribution in [0, 0.1) is 11.8 Å². The van der Waals surface area contributed by atoms with Crippen LogP contribution in [0.1, 0.15) is 23.9 Å². The molecule has 1 atom stereocenters. The van der Waals surface area contributed by atoms with E-state index in [4.69, 9.17) is 10.2 Å². The molecule has 0 spiro atoms. The summed E-state index contributed by atoms with van der Waals surface area (Å²) >= 11 is 0. The quantitative estimate of drug-likeness (QED) is 0.684. The summed E-state index contributed by atoms with van der Waals surface area (Å²) in [7, 11) is 0. The summed E-state index contributed by atoms with van der Waals surface area (Å²) in [6, 6.07) is 7.80. The van der Waals surface area contributed by atoms with Gasteiger partial charge in [-0.1, -0.05) is 17.9 Å². The Bertz CT molecular complexity index is 1000. The smallest absolute Gasteiger partial charge is 0.238 e. The topological polar surface area (TPSA) is 101 Å². The number of fused-ring (bicyclic) bond motifs is 1. The molecular formula is C19H17N5O2. The second kappa shape index (κ2) is 6.17. The molecule has 0 radical (unpaired) electrons. The van der Waals surface area contributed by atoms with Crippen LogP contribution < -0.4 is 10.6 Å². The van der Waals surface area contributed by atoms with E-state index in [2.05, 4.69) is 31.7 Å².